The van der Waals surface area contributed by atoms with Crippen molar-refractivity contribution in [1.82, 2.24) is 15.5 Å². The fraction of sp³-hybridized carbons (Fsp3) is 0.500. The average Bonchev–Trinajstić information content (AvgIpc) is 2.77. The number of hydrogen-bond acceptors (Lipinski definition) is 3. The summed E-state index contributed by atoms with van der Waals surface area (Å²) >= 11 is 0. The van der Waals surface area contributed by atoms with Crippen LogP contribution in [0.15, 0.2) is 12.4 Å². The lowest BCUT2D eigenvalue weighted by atomic mass is 9.99. The second-order valence-electron chi connectivity index (χ2n) is 3.66. The minimum atomic E-state index is -1.02. The first kappa shape index (κ1) is 12.2. The third kappa shape index (κ3) is 2.82. The number of carbonyl (C=O) groups excluding carboxylic acids is 1. The molecule has 1 amide bonds. The summed E-state index contributed by atoms with van der Waals surface area (Å²) in [5.74, 6) is -1.57. The van der Waals surface area contributed by atoms with Gasteiger partial charge in [-0.15, -0.1) is 0 Å². The van der Waals surface area contributed by atoms with E-state index in [-0.39, 0.29) is 5.92 Å². The van der Waals surface area contributed by atoms with Crippen molar-refractivity contribution in [2.75, 3.05) is 0 Å². The van der Waals surface area contributed by atoms with Gasteiger partial charge in [0.2, 0.25) is 0 Å². The summed E-state index contributed by atoms with van der Waals surface area (Å²) in [7, 11) is 0. The predicted molar refractivity (Wildman–Crippen MR) is 56.9 cm³/mol. The van der Waals surface area contributed by atoms with Gasteiger partial charge in [-0.05, 0) is 5.92 Å². The maximum Gasteiger partial charge on any atom is 0.326 e. The maximum absolute atomic E-state index is 11.6. The molecular weight excluding hydrogens is 210 g/mol. The SMILES string of the molecule is CCC(C)C(NC(=O)c1cn[nH]c1)C(=O)O. The van der Waals surface area contributed by atoms with Crippen LogP contribution in [-0.4, -0.2) is 33.2 Å². The molecule has 0 aliphatic carbocycles. The highest BCUT2D eigenvalue weighted by molar-refractivity contribution is 5.96. The molecule has 88 valence electrons. The van der Waals surface area contributed by atoms with Gasteiger partial charge in [-0.1, -0.05) is 20.3 Å². The van der Waals surface area contributed by atoms with Crippen LogP contribution in [-0.2, 0) is 4.79 Å². The molecule has 16 heavy (non-hydrogen) atoms. The van der Waals surface area contributed by atoms with Gasteiger partial charge >= 0.3 is 5.97 Å². The van der Waals surface area contributed by atoms with Crippen LogP contribution in [0.25, 0.3) is 0 Å². The van der Waals surface area contributed by atoms with Crippen molar-refractivity contribution in [3.8, 4) is 0 Å². The van der Waals surface area contributed by atoms with Crippen LogP contribution in [0.1, 0.15) is 30.6 Å². The van der Waals surface area contributed by atoms with Crippen molar-refractivity contribution in [1.29, 1.82) is 0 Å². The van der Waals surface area contributed by atoms with Gasteiger partial charge < -0.3 is 10.4 Å². The van der Waals surface area contributed by atoms with E-state index >= 15 is 0 Å². The number of carbonyl (C=O) groups is 2. The quantitative estimate of drug-likeness (QED) is 0.685. The van der Waals surface area contributed by atoms with Crippen LogP contribution < -0.4 is 5.32 Å². The number of hydrogen-bond donors (Lipinski definition) is 3. The summed E-state index contributed by atoms with van der Waals surface area (Å²) in [5.41, 5.74) is 0.328. The Kier molecular flexibility index (Phi) is 4.04. The molecule has 2 unspecified atom stereocenters. The summed E-state index contributed by atoms with van der Waals surface area (Å²) in [4.78, 5) is 22.6. The van der Waals surface area contributed by atoms with Crippen molar-refractivity contribution >= 4 is 11.9 Å². The molecular formula is C10H15N3O3. The molecule has 6 nitrogen and oxygen atoms in total. The highest BCUT2D eigenvalue weighted by Gasteiger charge is 2.25. The van der Waals surface area contributed by atoms with E-state index in [0.29, 0.717) is 12.0 Å². The monoisotopic (exact) mass is 225 g/mol. The Balaban J connectivity index is 2.69. The van der Waals surface area contributed by atoms with E-state index in [2.05, 4.69) is 15.5 Å². The van der Waals surface area contributed by atoms with E-state index in [1.807, 2.05) is 6.92 Å². The Bertz CT molecular complexity index is 361. The third-order valence-corrected chi connectivity index (χ3v) is 2.53. The molecule has 0 aliphatic heterocycles. The fourth-order valence-electron chi connectivity index (χ4n) is 1.28. The summed E-state index contributed by atoms with van der Waals surface area (Å²) in [6.45, 7) is 3.67. The van der Waals surface area contributed by atoms with Crippen molar-refractivity contribution in [3.05, 3.63) is 18.0 Å². The topological polar surface area (TPSA) is 95.1 Å². The number of aromatic amines is 1. The lowest BCUT2D eigenvalue weighted by Gasteiger charge is -2.19. The zero-order chi connectivity index (χ0) is 12.1. The predicted octanol–water partition coefficient (Wildman–Crippen LogP) is 0.639. The molecule has 0 fully saturated rings. The lowest BCUT2D eigenvalue weighted by Crippen LogP contribution is -2.44. The van der Waals surface area contributed by atoms with Crippen molar-refractivity contribution < 1.29 is 14.7 Å². The first-order valence-corrected chi connectivity index (χ1v) is 5.08. The lowest BCUT2D eigenvalue weighted by molar-refractivity contribution is -0.140. The molecule has 6 heteroatoms. The Morgan fingerprint density at radius 2 is 2.31 bits per heavy atom. The van der Waals surface area contributed by atoms with Gasteiger partial charge in [0.05, 0.1) is 11.8 Å². The molecule has 0 radical (unpaired) electrons. The molecule has 2 atom stereocenters. The van der Waals surface area contributed by atoms with Crippen LogP contribution in [0, 0.1) is 5.92 Å². The first-order valence-electron chi connectivity index (χ1n) is 5.08. The highest BCUT2D eigenvalue weighted by atomic mass is 16.4. The van der Waals surface area contributed by atoms with Crippen LogP contribution in [0.4, 0.5) is 0 Å². The Morgan fingerprint density at radius 3 is 2.75 bits per heavy atom. The van der Waals surface area contributed by atoms with E-state index in [9.17, 15) is 9.59 Å². The number of carboxylic acid groups (broad SMARTS) is 1. The summed E-state index contributed by atoms with van der Waals surface area (Å²) < 4.78 is 0. The molecule has 3 N–H and O–H groups in total. The number of aliphatic carboxylic acids is 1. The van der Waals surface area contributed by atoms with Gasteiger partial charge in [-0.25, -0.2) is 4.79 Å². The van der Waals surface area contributed by atoms with E-state index in [1.165, 1.54) is 12.4 Å². The number of aromatic nitrogens is 2. The van der Waals surface area contributed by atoms with E-state index < -0.39 is 17.9 Å². The molecule has 0 aromatic carbocycles. The van der Waals surface area contributed by atoms with Crippen LogP contribution in [0.5, 0.6) is 0 Å². The number of H-pyrrole nitrogens is 1. The van der Waals surface area contributed by atoms with Crippen molar-refractivity contribution in [3.63, 3.8) is 0 Å². The van der Waals surface area contributed by atoms with Crippen molar-refractivity contribution in [2.45, 2.75) is 26.3 Å². The molecule has 0 aliphatic rings. The van der Waals surface area contributed by atoms with Crippen LogP contribution >= 0.6 is 0 Å². The van der Waals surface area contributed by atoms with Gasteiger partial charge in [0.1, 0.15) is 6.04 Å². The number of nitrogens with zero attached hydrogens (tertiary/aromatic N) is 1. The van der Waals surface area contributed by atoms with E-state index in [4.69, 9.17) is 5.11 Å². The third-order valence-electron chi connectivity index (χ3n) is 2.53. The molecule has 1 aromatic heterocycles. The Labute approximate surface area is 93.1 Å². The van der Waals surface area contributed by atoms with Crippen LogP contribution in [0.3, 0.4) is 0 Å². The average molecular weight is 225 g/mol. The number of amides is 1. The Morgan fingerprint density at radius 1 is 1.62 bits per heavy atom. The molecule has 1 heterocycles. The molecule has 1 rings (SSSR count). The van der Waals surface area contributed by atoms with E-state index in [1.54, 1.807) is 6.92 Å². The molecule has 0 saturated heterocycles. The normalized spacial score (nSPS) is 14.1. The number of carboxylic acids is 1. The smallest absolute Gasteiger partial charge is 0.326 e. The molecule has 0 bridgehead atoms. The van der Waals surface area contributed by atoms with Gasteiger partial charge in [-0.3, -0.25) is 9.89 Å². The molecule has 0 spiro atoms. The van der Waals surface area contributed by atoms with Gasteiger partial charge in [-0.2, -0.15) is 5.10 Å². The molecule has 1 aromatic rings. The molecule has 0 saturated carbocycles. The number of rotatable bonds is 5. The summed E-state index contributed by atoms with van der Waals surface area (Å²) in [5, 5.41) is 17.6. The highest BCUT2D eigenvalue weighted by Crippen LogP contribution is 2.08. The largest absolute Gasteiger partial charge is 0.480 e. The number of nitrogens with one attached hydrogen (secondary N) is 2. The van der Waals surface area contributed by atoms with Gasteiger partial charge in [0, 0.05) is 6.20 Å². The fourth-order valence-corrected chi connectivity index (χ4v) is 1.28. The zero-order valence-corrected chi connectivity index (χ0v) is 9.23. The minimum Gasteiger partial charge on any atom is -0.480 e. The van der Waals surface area contributed by atoms with Gasteiger partial charge in [0.15, 0.2) is 0 Å². The maximum atomic E-state index is 11.6. The summed E-state index contributed by atoms with van der Waals surface area (Å²) in [6.07, 6.45) is 3.46. The van der Waals surface area contributed by atoms with Crippen molar-refractivity contribution in [2.24, 2.45) is 5.92 Å². The Hall–Kier alpha value is -1.85. The first-order chi connectivity index (χ1) is 7.56. The second-order valence-corrected chi connectivity index (χ2v) is 3.66. The minimum absolute atomic E-state index is 0.117. The van der Waals surface area contributed by atoms with Gasteiger partial charge in [0.25, 0.3) is 5.91 Å². The van der Waals surface area contributed by atoms with E-state index in [0.717, 1.165) is 0 Å². The standard InChI is InChI=1S/C10H15N3O3/c1-3-6(2)8(10(15)16)13-9(14)7-4-11-12-5-7/h4-6,8H,3H2,1-2H3,(H,11,12)(H,13,14)(H,15,16). The van der Waals surface area contributed by atoms with Crippen LogP contribution in [0.2, 0.25) is 0 Å². The zero-order valence-electron chi connectivity index (χ0n) is 9.23. The summed E-state index contributed by atoms with van der Waals surface area (Å²) in [6, 6.07) is -0.868. The second kappa shape index (κ2) is 5.29.